The third-order valence-electron chi connectivity index (χ3n) is 3.74. The molecule has 2 aromatic heterocycles. The fourth-order valence-electron chi connectivity index (χ4n) is 2.34. The molecule has 0 fully saturated rings. The van der Waals surface area contributed by atoms with Crippen LogP contribution in [0.3, 0.4) is 0 Å². The zero-order valence-electron chi connectivity index (χ0n) is 13.2. The molecule has 0 aromatic carbocycles. The zero-order valence-corrected chi connectivity index (χ0v) is 13.2. The molecule has 2 heterocycles. The van der Waals surface area contributed by atoms with Gasteiger partial charge in [-0.25, -0.2) is 9.97 Å². The Morgan fingerprint density at radius 3 is 2.68 bits per heavy atom. The second-order valence-electron chi connectivity index (χ2n) is 5.39. The molecule has 0 bridgehead atoms. The molecule has 4 nitrogen and oxygen atoms in total. The lowest BCUT2D eigenvalue weighted by Gasteiger charge is -2.12. The Kier molecular flexibility index (Phi) is 6.71. The Bertz CT molecular complexity index is 551. The van der Waals surface area contributed by atoms with E-state index in [1.807, 2.05) is 36.7 Å². The minimum Gasteiger partial charge on any atom is -0.313 e. The van der Waals surface area contributed by atoms with Gasteiger partial charge in [0.25, 0.3) is 0 Å². The van der Waals surface area contributed by atoms with E-state index in [1.54, 1.807) is 6.20 Å². The number of nitrogens with zero attached hydrogens (tertiary/aromatic N) is 3. The van der Waals surface area contributed by atoms with Crippen molar-refractivity contribution in [2.45, 2.75) is 32.7 Å². The lowest BCUT2D eigenvalue weighted by molar-refractivity contribution is 0.455. The number of hydrogen-bond donors (Lipinski definition) is 1. The predicted octanol–water partition coefficient (Wildman–Crippen LogP) is 3.62. The normalized spacial score (nSPS) is 12.0. The highest BCUT2D eigenvalue weighted by molar-refractivity contribution is 5.47. The van der Waals surface area contributed by atoms with Crippen LogP contribution in [0.5, 0.6) is 0 Å². The van der Waals surface area contributed by atoms with Crippen LogP contribution in [0.2, 0.25) is 0 Å². The second kappa shape index (κ2) is 9.05. The Morgan fingerprint density at radius 1 is 1.23 bits per heavy atom. The van der Waals surface area contributed by atoms with E-state index in [0.717, 1.165) is 36.7 Å². The maximum absolute atomic E-state index is 4.38. The van der Waals surface area contributed by atoms with Crippen molar-refractivity contribution in [1.82, 2.24) is 20.3 Å². The van der Waals surface area contributed by atoms with Gasteiger partial charge in [-0.2, -0.15) is 0 Å². The van der Waals surface area contributed by atoms with Crippen molar-refractivity contribution in [3.05, 3.63) is 55.0 Å². The molecular formula is C18H24N4. The average molecular weight is 296 g/mol. The molecule has 22 heavy (non-hydrogen) atoms. The second-order valence-corrected chi connectivity index (χ2v) is 5.39. The molecule has 0 aliphatic carbocycles. The molecule has 2 aromatic rings. The van der Waals surface area contributed by atoms with E-state index in [4.69, 9.17) is 0 Å². The van der Waals surface area contributed by atoms with Gasteiger partial charge in [0.1, 0.15) is 5.69 Å². The first-order chi connectivity index (χ1) is 10.8. The van der Waals surface area contributed by atoms with Crippen LogP contribution in [0.25, 0.3) is 11.5 Å². The molecule has 1 unspecified atom stereocenters. The van der Waals surface area contributed by atoms with Crippen molar-refractivity contribution in [2.24, 2.45) is 5.92 Å². The van der Waals surface area contributed by atoms with Gasteiger partial charge < -0.3 is 5.32 Å². The topological polar surface area (TPSA) is 50.7 Å². The van der Waals surface area contributed by atoms with E-state index in [2.05, 4.69) is 33.8 Å². The lowest BCUT2D eigenvalue weighted by atomic mass is 9.99. The Balaban J connectivity index is 1.78. The summed E-state index contributed by atoms with van der Waals surface area (Å²) in [6.07, 6.45) is 11.0. The third kappa shape index (κ3) is 5.04. The van der Waals surface area contributed by atoms with Gasteiger partial charge in [0.15, 0.2) is 5.82 Å². The van der Waals surface area contributed by atoms with Crippen LogP contribution in [0.1, 0.15) is 31.7 Å². The van der Waals surface area contributed by atoms with Crippen molar-refractivity contribution in [3.63, 3.8) is 0 Å². The number of aromatic nitrogens is 3. The van der Waals surface area contributed by atoms with Crippen LogP contribution in [0, 0.1) is 5.92 Å². The van der Waals surface area contributed by atoms with Crippen molar-refractivity contribution < 1.29 is 0 Å². The summed E-state index contributed by atoms with van der Waals surface area (Å²) >= 11 is 0. The highest BCUT2D eigenvalue weighted by Gasteiger charge is 2.04. The average Bonchev–Trinajstić information content (AvgIpc) is 2.59. The number of rotatable bonds is 9. The molecule has 1 N–H and O–H groups in total. The largest absolute Gasteiger partial charge is 0.313 e. The van der Waals surface area contributed by atoms with E-state index in [1.165, 1.54) is 12.8 Å². The Morgan fingerprint density at radius 2 is 2.05 bits per heavy atom. The summed E-state index contributed by atoms with van der Waals surface area (Å²) in [5.41, 5.74) is 1.90. The molecule has 0 saturated heterocycles. The molecule has 0 saturated carbocycles. The smallest absolute Gasteiger partial charge is 0.178 e. The first kappa shape index (κ1) is 16.3. The van der Waals surface area contributed by atoms with Crippen LogP contribution in [0.15, 0.2) is 49.4 Å². The summed E-state index contributed by atoms with van der Waals surface area (Å²) in [5.74, 6) is 1.40. The van der Waals surface area contributed by atoms with Crippen molar-refractivity contribution in [1.29, 1.82) is 0 Å². The molecule has 0 aliphatic heterocycles. The van der Waals surface area contributed by atoms with Gasteiger partial charge in [-0.3, -0.25) is 4.98 Å². The standard InChI is InChI=1S/C18H24N4/c1-3-7-15(4-2)9-11-19-12-16-13-21-18(22-14-16)17-8-5-6-10-20-17/h3,5-6,8,10,13-15,19H,1,4,7,9,11-12H2,2H3. The highest BCUT2D eigenvalue weighted by Crippen LogP contribution is 2.13. The first-order valence-corrected chi connectivity index (χ1v) is 7.87. The summed E-state index contributed by atoms with van der Waals surface area (Å²) in [6, 6.07) is 5.74. The fraction of sp³-hybridized carbons (Fsp3) is 0.389. The molecule has 0 aliphatic rings. The molecule has 0 spiro atoms. The van der Waals surface area contributed by atoms with Crippen molar-refractivity contribution in [2.75, 3.05) is 6.54 Å². The predicted molar refractivity (Wildman–Crippen MR) is 90.2 cm³/mol. The van der Waals surface area contributed by atoms with Crippen LogP contribution in [0.4, 0.5) is 0 Å². The zero-order chi connectivity index (χ0) is 15.6. The van der Waals surface area contributed by atoms with E-state index in [9.17, 15) is 0 Å². The van der Waals surface area contributed by atoms with Gasteiger partial charge in [-0.15, -0.1) is 6.58 Å². The summed E-state index contributed by atoms with van der Waals surface area (Å²) in [6.45, 7) is 7.86. The van der Waals surface area contributed by atoms with Crippen LogP contribution < -0.4 is 5.32 Å². The third-order valence-corrected chi connectivity index (χ3v) is 3.74. The number of hydrogen-bond acceptors (Lipinski definition) is 4. The van der Waals surface area contributed by atoms with Gasteiger partial charge in [0.05, 0.1) is 0 Å². The number of allylic oxidation sites excluding steroid dienone is 1. The summed E-state index contributed by atoms with van der Waals surface area (Å²) in [5, 5.41) is 3.45. The Labute approximate surface area is 132 Å². The first-order valence-electron chi connectivity index (χ1n) is 7.87. The molecule has 116 valence electrons. The van der Waals surface area contributed by atoms with Gasteiger partial charge in [-0.05, 0) is 37.4 Å². The summed E-state index contributed by atoms with van der Waals surface area (Å²) in [7, 11) is 0. The highest BCUT2D eigenvalue weighted by atomic mass is 14.9. The lowest BCUT2D eigenvalue weighted by Crippen LogP contribution is -2.18. The van der Waals surface area contributed by atoms with E-state index < -0.39 is 0 Å². The van der Waals surface area contributed by atoms with E-state index in [-0.39, 0.29) is 0 Å². The van der Waals surface area contributed by atoms with Gasteiger partial charge in [0, 0.05) is 30.7 Å². The molecule has 2 rings (SSSR count). The molecular weight excluding hydrogens is 272 g/mol. The summed E-state index contributed by atoms with van der Waals surface area (Å²) < 4.78 is 0. The number of nitrogens with one attached hydrogen (secondary N) is 1. The maximum atomic E-state index is 4.38. The monoisotopic (exact) mass is 296 g/mol. The molecule has 1 atom stereocenters. The maximum Gasteiger partial charge on any atom is 0.178 e. The molecule has 4 heteroatoms. The van der Waals surface area contributed by atoms with E-state index in [0.29, 0.717) is 5.82 Å². The SMILES string of the molecule is C=CCC(CC)CCNCc1cnc(-c2ccccn2)nc1. The van der Waals surface area contributed by atoms with E-state index >= 15 is 0 Å². The van der Waals surface area contributed by atoms with Crippen LogP contribution >= 0.6 is 0 Å². The Hall–Kier alpha value is -2.07. The van der Waals surface area contributed by atoms with Gasteiger partial charge >= 0.3 is 0 Å². The van der Waals surface area contributed by atoms with Gasteiger partial charge in [-0.1, -0.05) is 25.5 Å². The quantitative estimate of drug-likeness (QED) is 0.567. The fourth-order valence-corrected chi connectivity index (χ4v) is 2.34. The summed E-state index contributed by atoms with van der Waals surface area (Å²) in [4.78, 5) is 13.0. The minimum absolute atomic E-state index is 0.668. The number of pyridine rings is 1. The van der Waals surface area contributed by atoms with Gasteiger partial charge in [0.2, 0.25) is 0 Å². The molecule has 0 amide bonds. The van der Waals surface area contributed by atoms with Crippen molar-refractivity contribution in [3.8, 4) is 11.5 Å². The van der Waals surface area contributed by atoms with Crippen molar-refractivity contribution >= 4 is 0 Å². The van der Waals surface area contributed by atoms with Crippen LogP contribution in [-0.4, -0.2) is 21.5 Å². The van der Waals surface area contributed by atoms with Crippen LogP contribution in [-0.2, 0) is 6.54 Å². The minimum atomic E-state index is 0.668. The molecule has 0 radical (unpaired) electrons.